The van der Waals surface area contributed by atoms with E-state index in [-0.39, 0.29) is 12.1 Å². The maximum absolute atomic E-state index is 6.04. The van der Waals surface area contributed by atoms with Gasteiger partial charge in [0.2, 0.25) is 0 Å². The Morgan fingerprint density at radius 3 is 2.45 bits per heavy atom. The van der Waals surface area contributed by atoms with Gasteiger partial charge in [-0.15, -0.1) is 0 Å². The summed E-state index contributed by atoms with van der Waals surface area (Å²) in [5.41, 5.74) is 7.97. The molecule has 0 radical (unpaired) electrons. The highest BCUT2D eigenvalue weighted by atomic mass is 35.5. The highest BCUT2D eigenvalue weighted by Crippen LogP contribution is 2.28. The minimum atomic E-state index is -0.255. The van der Waals surface area contributed by atoms with Gasteiger partial charge in [-0.3, -0.25) is 0 Å². The van der Waals surface area contributed by atoms with Gasteiger partial charge in [0, 0.05) is 16.1 Å². The van der Waals surface area contributed by atoms with E-state index in [1.54, 1.807) is 0 Å². The van der Waals surface area contributed by atoms with Crippen LogP contribution in [-0.2, 0) is 0 Å². The van der Waals surface area contributed by atoms with E-state index < -0.39 is 0 Å². The minimum absolute atomic E-state index is 0.163. The first-order chi connectivity index (χ1) is 9.47. The van der Waals surface area contributed by atoms with Crippen LogP contribution in [0.1, 0.15) is 24.2 Å². The van der Waals surface area contributed by atoms with Crippen LogP contribution in [0.4, 0.5) is 0 Å². The summed E-state index contributed by atoms with van der Waals surface area (Å²) in [5, 5.41) is 1.39. The predicted octanol–water partition coefficient (Wildman–Crippen LogP) is 4.77. The van der Waals surface area contributed by atoms with Crippen molar-refractivity contribution in [2.75, 3.05) is 0 Å². The third-order valence-corrected chi connectivity index (χ3v) is 3.71. The van der Waals surface area contributed by atoms with Crippen molar-refractivity contribution in [3.63, 3.8) is 0 Å². The van der Waals surface area contributed by atoms with E-state index in [4.69, 9.17) is 33.7 Å². The summed E-state index contributed by atoms with van der Waals surface area (Å²) >= 11 is 12.0. The molecule has 0 aliphatic heterocycles. The maximum Gasteiger partial charge on any atom is 0.138 e. The van der Waals surface area contributed by atoms with Gasteiger partial charge in [-0.05, 0) is 55.3 Å². The molecule has 2 rings (SSSR count). The Morgan fingerprint density at radius 2 is 1.85 bits per heavy atom. The Balaban J connectivity index is 2.28. The van der Waals surface area contributed by atoms with Crippen molar-refractivity contribution in [2.24, 2.45) is 5.73 Å². The number of hydrogen-bond acceptors (Lipinski definition) is 2. The maximum atomic E-state index is 6.04. The second-order valence-corrected chi connectivity index (χ2v) is 5.71. The molecule has 106 valence electrons. The highest BCUT2D eigenvalue weighted by Gasteiger charge is 2.18. The summed E-state index contributed by atoms with van der Waals surface area (Å²) in [6.45, 7) is 3.85. The van der Waals surface area contributed by atoms with Crippen molar-refractivity contribution >= 4 is 23.2 Å². The van der Waals surface area contributed by atoms with E-state index in [1.807, 2.05) is 56.3 Å². The average Bonchev–Trinajstić information content (AvgIpc) is 2.39. The topological polar surface area (TPSA) is 35.2 Å². The number of ether oxygens (including phenoxy) is 1. The van der Waals surface area contributed by atoms with Gasteiger partial charge in [0.15, 0.2) is 0 Å². The molecule has 2 aromatic rings. The Morgan fingerprint density at radius 1 is 1.10 bits per heavy atom. The Bertz CT molecular complexity index is 599. The molecule has 2 atom stereocenters. The fourth-order valence-corrected chi connectivity index (χ4v) is 2.32. The number of aryl methyl sites for hydroxylation is 1. The molecule has 0 fully saturated rings. The van der Waals surface area contributed by atoms with Gasteiger partial charge in [-0.2, -0.15) is 0 Å². The van der Waals surface area contributed by atoms with Gasteiger partial charge in [-0.1, -0.05) is 35.3 Å². The summed E-state index contributed by atoms with van der Waals surface area (Å²) in [4.78, 5) is 0. The van der Waals surface area contributed by atoms with Crippen molar-refractivity contribution in [3.05, 3.63) is 63.6 Å². The third kappa shape index (κ3) is 3.66. The fraction of sp³-hybridized carbons (Fsp3) is 0.250. The Kier molecular flexibility index (Phi) is 4.92. The molecule has 2 nitrogen and oxygen atoms in total. The van der Waals surface area contributed by atoms with Crippen molar-refractivity contribution < 1.29 is 4.74 Å². The molecule has 2 aromatic carbocycles. The SMILES string of the molecule is Cc1cc(OC(c2cccc(Cl)c2)C(C)N)ccc1Cl. The Labute approximate surface area is 129 Å². The van der Waals surface area contributed by atoms with Crippen molar-refractivity contribution in [2.45, 2.75) is 26.0 Å². The summed E-state index contributed by atoms with van der Waals surface area (Å²) in [7, 11) is 0. The third-order valence-electron chi connectivity index (χ3n) is 3.05. The van der Waals surface area contributed by atoms with Crippen LogP contribution in [0.3, 0.4) is 0 Å². The fourth-order valence-electron chi connectivity index (χ4n) is 2.00. The molecule has 4 heteroatoms. The number of rotatable bonds is 4. The minimum Gasteiger partial charge on any atom is -0.484 e. The van der Waals surface area contributed by atoms with Crippen LogP contribution in [0.2, 0.25) is 10.0 Å². The number of hydrogen-bond donors (Lipinski definition) is 1. The molecule has 0 aliphatic carbocycles. The van der Waals surface area contributed by atoms with E-state index in [0.717, 1.165) is 21.9 Å². The lowest BCUT2D eigenvalue weighted by atomic mass is 10.0. The molecule has 0 spiro atoms. The second kappa shape index (κ2) is 6.49. The zero-order valence-corrected chi connectivity index (χ0v) is 12.9. The highest BCUT2D eigenvalue weighted by molar-refractivity contribution is 6.31. The van der Waals surface area contributed by atoms with E-state index in [0.29, 0.717) is 5.02 Å². The zero-order valence-electron chi connectivity index (χ0n) is 11.4. The lowest BCUT2D eigenvalue weighted by Gasteiger charge is -2.23. The molecule has 0 bridgehead atoms. The molecule has 2 unspecified atom stereocenters. The summed E-state index contributed by atoms with van der Waals surface area (Å²) in [6.07, 6.45) is -0.255. The summed E-state index contributed by atoms with van der Waals surface area (Å²) in [6, 6.07) is 13.0. The number of halogens is 2. The standard InChI is InChI=1S/C16H17Cl2NO/c1-10-8-14(6-7-15(10)18)20-16(11(2)19)12-4-3-5-13(17)9-12/h3-9,11,16H,19H2,1-2H3. The lowest BCUT2D eigenvalue weighted by molar-refractivity contribution is 0.180. The van der Waals surface area contributed by atoms with Gasteiger partial charge >= 0.3 is 0 Å². The summed E-state index contributed by atoms with van der Waals surface area (Å²) < 4.78 is 6.01. The van der Waals surface area contributed by atoms with Gasteiger partial charge in [-0.25, -0.2) is 0 Å². The smallest absolute Gasteiger partial charge is 0.138 e. The first-order valence-corrected chi connectivity index (χ1v) is 7.17. The van der Waals surface area contributed by atoms with Crippen LogP contribution in [-0.4, -0.2) is 6.04 Å². The van der Waals surface area contributed by atoms with Crippen molar-refractivity contribution in [1.29, 1.82) is 0 Å². The van der Waals surface area contributed by atoms with Crippen LogP contribution in [0.25, 0.3) is 0 Å². The number of nitrogens with two attached hydrogens (primary N) is 1. The van der Waals surface area contributed by atoms with Crippen LogP contribution in [0.5, 0.6) is 5.75 Å². The van der Waals surface area contributed by atoms with Gasteiger partial charge in [0.05, 0.1) is 0 Å². The van der Waals surface area contributed by atoms with Crippen LogP contribution >= 0.6 is 23.2 Å². The zero-order chi connectivity index (χ0) is 14.7. The molecule has 0 heterocycles. The molecule has 0 saturated heterocycles. The average molecular weight is 310 g/mol. The van der Waals surface area contributed by atoms with E-state index >= 15 is 0 Å². The normalized spacial score (nSPS) is 13.8. The predicted molar refractivity (Wildman–Crippen MR) is 84.7 cm³/mol. The Hall–Kier alpha value is -1.22. The largest absolute Gasteiger partial charge is 0.484 e. The lowest BCUT2D eigenvalue weighted by Crippen LogP contribution is -2.29. The second-order valence-electron chi connectivity index (χ2n) is 4.86. The van der Waals surface area contributed by atoms with Gasteiger partial charge < -0.3 is 10.5 Å². The van der Waals surface area contributed by atoms with E-state index in [2.05, 4.69) is 0 Å². The quantitative estimate of drug-likeness (QED) is 0.883. The van der Waals surface area contributed by atoms with Gasteiger partial charge in [0.1, 0.15) is 11.9 Å². The molecular formula is C16H17Cl2NO. The number of benzene rings is 2. The molecule has 0 aromatic heterocycles. The van der Waals surface area contributed by atoms with Crippen LogP contribution < -0.4 is 10.5 Å². The molecule has 0 saturated carbocycles. The molecule has 0 aliphatic rings. The molecular weight excluding hydrogens is 293 g/mol. The van der Waals surface area contributed by atoms with Gasteiger partial charge in [0.25, 0.3) is 0 Å². The monoisotopic (exact) mass is 309 g/mol. The van der Waals surface area contributed by atoms with Crippen LogP contribution in [0, 0.1) is 6.92 Å². The van der Waals surface area contributed by atoms with E-state index in [1.165, 1.54) is 0 Å². The van der Waals surface area contributed by atoms with E-state index in [9.17, 15) is 0 Å². The van der Waals surface area contributed by atoms with Crippen molar-refractivity contribution in [1.82, 2.24) is 0 Å². The summed E-state index contributed by atoms with van der Waals surface area (Å²) in [5.74, 6) is 0.745. The van der Waals surface area contributed by atoms with Crippen LogP contribution in [0.15, 0.2) is 42.5 Å². The first kappa shape index (κ1) is 15.2. The molecule has 2 N–H and O–H groups in total. The van der Waals surface area contributed by atoms with Crippen molar-refractivity contribution in [3.8, 4) is 5.75 Å². The molecule has 20 heavy (non-hydrogen) atoms. The first-order valence-electron chi connectivity index (χ1n) is 6.41. The molecule has 0 amide bonds.